The zero-order valence-corrected chi connectivity index (χ0v) is 20.3. The molecular formula is C26H19F3N4O6. The molecule has 0 fully saturated rings. The molecule has 0 aliphatic rings. The molecule has 0 saturated heterocycles. The Morgan fingerprint density at radius 3 is 2.18 bits per heavy atom. The number of rotatable bonds is 6. The maximum absolute atomic E-state index is 14.0. The van der Waals surface area contributed by atoms with Crippen molar-refractivity contribution in [3.63, 3.8) is 0 Å². The number of aromatic nitrogens is 1. The molecular weight excluding hydrogens is 521 g/mol. The molecule has 0 atom stereocenters. The van der Waals surface area contributed by atoms with E-state index in [1.807, 2.05) is 0 Å². The van der Waals surface area contributed by atoms with Crippen LogP contribution in [0.1, 0.15) is 40.3 Å². The van der Waals surface area contributed by atoms with Gasteiger partial charge in [-0.05, 0) is 42.0 Å². The highest BCUT2D eigenvalue weighted by Crippen LogP contribution is 2.42. The van der Waals surface area contributed by atoms with Crippen molar-refractivity contribution < 1.29 is 42.0 Å². The molecule has 0 aliphatic carbocycles. The summed E-state index contributed by atoms with van der Waals surface area (Å²) in [5.41, 5.74) is -2.23. The monoisotopic (exact) mass is 540 g/mol. The molecule has 1 aromatic heterocycles. The van der Waals surface area contributed by atoms with Crippen molar-refractivity contribution in [3.8, 4) is 11.1 Å². The third-order valence-electron chi connectivity index (χ3n) is 5.48. The van der Waals surface area contributed by atoms with E-state index in [4.69, 9.17) is 4.52 Å². The summed E-state index contributed by atoms with van der Waals surface area (Å²) in [5, 5.41) is 20.3. The number of carboxylic acids is 1. The van der Waals surface area contributed by atoms with Crippen LogP contribution in [0.5, 0.6) is 0 Å². The lowest BCUT2D eigenvalue weighted by Gasteiger charge is -2.17. The summed E-state index contributed by atoms with van der Waals surface area (Å²) in [7, 11) is 0. The van der Waals surface area contributed by atoms with Crippen LogP contribution < -0.4 is 16.0 Å². The zero-order valence-electron chi connectivity index (χ0n) is 20.3. The molecule has 4 aromatic rings. The Labute approximate surface area is 217 Å². The summed E-state index contributed by atoms with van der Waals surface area (Å²) in [5.74, 6) is -3.29. The van der Waals surface area contributed by atoms with Crippen LogP contribution in [0, 0.1) is 0 Å². The fourth-order valence-electron chi connectivity index (χ4n) is 3.92. The topological polar surface area (TPSA) is 151 Å². The first-order valence-corrected chi connectivity index (χ1v) is 11.2. The van der Waals surface area contributed by atoms with Crippen molar-refractivity contribution in [1.82, 2.24) is 5.16 Å². The van der Waals surface area contributed by atoms with Crippen LogP contribution in [0.15, 0.2) is 59.1 Å². The lowest BCUT2D eigenvalue weighted by molar-refractivity contribution is -0.137. The Hall–Kier alpha value is -5.20. The van der Waals surface area contributed by atoms with Crippen LogP contribution >= 0.6 is 0 Å². The Morgan fingerprint density at radius 1 is 0.846 bits per heavy atom. The fraction of sp³-hybridized carbons (Fsp3) is 0.115. The zero-order chi connectivity index (χ0) is 28.5. The molecule has 0 aliphatic heterocycles. The summed E-state index contributed by atoms with van der Waals surface area (Å²) in [6, 6.07) is 11.2. The molecule has 4 N–H and O–H groups in total. The SMILES string of the molecule is CC(=O)Nc1ccc(-c2cc3onc(C(=O)Nc4ccccc4C(=O)O)c3cc2NC(C)=O)c(C(F)(F)F)c1. The van der Waals surface area contributed by atoms with E-state index >= 15 is 0 Å². The molecule has 0 unspecified atom stereocenters. The van der Waals surface area contributed by atoms with Gasteiger partial charge < -0.3 is 25.6 Å². The van der Waals surface area contributed by atoms with Crippen LogP contribution in [-0.4, -0.2) is 34.0 Å². The van der Waals surface area contributed by atoms with E-state index in [-0.39, 0.29) is 50.4 Å². The Kier molecular flexibility index (Phi) is 7.08. The Balaban J connectivity index is 1.84. The first-order valence-electron chi connectivity index (χ1n) is 11.2. The van der Waals surface area contributed by atoms with E-state index in [1.165, 1.54) is 42.5 Å². The Bertz CT molecular complexity index is 1640. The second-order valence-corrected chi connectivity index (χ2v) is 8.35. The van der Waals surface area contributed by atoms with Gasteiger partial charge in [-0.15, -0.1) is 0 Å². The van der Waals surface area contributed by atoms with Crippen molar-refractivity contribution in [2.75, 3.05) is 16.0 Å². The molecule has 0 saturated carbocycles. The van der Waals surface area contributed by atoms with Crippen molar-refractivity contribution in [1.29, 1.82) is 0 Å². The second kappa shape index (κ2) is 10.3. The molecule has 4 rings (SSSR count). The first-order chi connectivity index (χ1) is 18.3. The quantitative estimate of drug-likeness (QED) is 0.256. The molecule has 1 heterocycles. The number of carbonyl (C=O) groups excluding carboxylic acids is 3. The number of fused-ring (bicyclic) bond motifs is 1. The summed E-state index contributed by atoms with van der Waals surface area (Å²) < 4.78 is 47.3. The van der Waals surface area contributed by atoms with Crippen LogP contribution in [-0.2, 0) is 15.8 Å². The normalized spacial score (nSPS) is 11.2. The number of carbonyl (C=O) groups is 4. The summed E-state index contributed by atoms with van der Waals surface area (Å²) >= 11 is 0. The first kappa shape index (κ1) is 26.9. The van der Waals surface area contributed by atoms with Crippen LogP contribution in [0.25, 0.3) is 22.1 Å². The predicted molar refractivity (Wildman–Crippen MR) is 134 cm³/mol. The number of aromatic carboxylic acids is 1. The maximum atomic E-state index is 14.0. The number of carboxylic acid groups (broad SMARTS) is 1. The van der Waals surface area contributed by atoms with Gasteiger partial charge in [0.2, 0.25) is 11.8 Å². The highest BCUT2D eigenvalue weighted by atomic mass is 19.4. The van der Waals surface area contributed by atoms with Gasteiger partial charge >= 0.3 is 12.1 Å². The minimum Gasteiger partial charge on any atom is -0.478 e. The van der Waals surface area contributed by atoms with Gasteiger partial charge in [0.15, 0.2) is 11.3 Å². The fourth-order valence-corrected chi connectivity index (χ4v) is 3.92. The molecule has 39 heavy (non-hydrogen) atoms. The second-order valence-electron chi connectivity index (χ2n) is 8.35. The molecule has 13 heteroatoms. The number of amides is 3. The largest absolute Gasteiger partial charge is 0.478 e. The van der Waals surface area contributed by atoms with Gasteiger partial charge in [-0.25, -0.2) is 4.79 Å². The maximum Gasteiger partial charge on any atom is 0.417 e. The molecule has 0 spiro atoms. The minimum atomic E-state index is -4.84. The van der Waals surface area contributed by atoms with Crippen LogP contribution in [0.2, 0.25) is 0 Å². The van der Waals surface area contributed by atoms with Crippen molar-refractivity contribution in [3.05, 3.63) is 71.4 Å². The van der Waals surface area contributed by atoms with E-state index in [1.54, 1.807) is 0 Å². The van der Waals surface area contributed by atoms with E-state index in [2.05, 4.69) is 21.1 Å². The van der Waals surface area contributed by atoms with E-state index in [0.717, 1.165) is 26.0 Å². The average molecular weight is 540 g/mol. The standard InChI is InChI=1S/C26H19F3N4O6/c1-12(34)30-14-7-8-15(19(9-14)26(27,28)29)17-11-22-18(10-21(17)31-13(2)35)23(33-39-22)24(36)32-20-6-4-3-5-16(20)25(37)38/h3-11H,1-2H3,(H,30,34)(H,31,35)(H,32,36)(H,37,38). The van der Waals surface area contributed by atoms with Gasteiger partial charge in [0.25, 0.3) is 5.91 Å². The third kappa shape index (κ3) is 5.71. The lowest BCUT2D eigenvalue weighted by atomic mass is 9.95. The number of hydrogen-bond donors (Lipinski definition) is 4. The minimum absolute atomic E-state index is 0.0149. The summed E-state index contributed by atoms with van der Waals surface area (Å²) in [6.45, 7) is 2.31. The molecule has 200 valence electrons. The smallest absolute Gasteiger partial charge is 0.417 e. The number of hydrogen-bond acceptors (Lipinski definition) is 6. The third-order valence-corrected chi connectivity index (χ3v) is 5.48. The number of nitrogens with zero attached hydrogens (tertiary/aromatic N) is 1. The van der Waals surface area contributed by atoms with Gasteiger partial charge in [0.05, 0.1) is 22.2 Å². The summed E-state index contributed by atoms with van der Waals surface area (Å²) in [4.78, 5) is 47.7. The highest BCUT2D eigenvalue weighted by molar-refractivity contribution is 6.14. The number of nitrogens with one attached hydrogen (secondary N) is 3. The van der Waals surface area contributed by atoms with Crippen LogP contribution in [0.4, 0.5) is 30.2 Å². The van der Waals surface area contributed by atoms with E-state index in [0.29, 0.717) is 0 Å². The number of anilines is 3. The Morgan fingerprint density at radius 2 is 1.54 bits per heavy atom. The summed E-state index contributed by atoms with van der Waals surface area (Å²) in [6.07, 6.45) is -4.84. The average Bonchev–Trinajstić information content (AvgIpc) is 3.25. The van der Waals surface area contributed by atoms with Gasteiger partial charge in [-0.3, -0.25) is 14.4 Å². The molecule has 3 aromatic carbocycles. The van der Waals surface area contributed by atoms with Gasteiger partial charge in [-0.1, -0.05) is 23.4 Å². The van der Waals surface area contributed by atoms with Crippen molar-refractivity contribution in [2.45, 2.75) is 20.0 Å². The van der Waals surface area contributed by atoms with Crippen molar-refractivity contribution >= 4 is 51.7 Å². The predicted octanol–water partition coefficient (Wildman–Crippen LogP) is 5.38. The number of halogens is 3. The lowest BCUT2D eigenvalue weighted by Crippen LogP contribution is -2.15. The van der Waals surface area contributed by atoms with E-state index in [9.17, 15) is 37.5 Å². The number of alkyl halides is 3. The highest BCUT2D eigenvalue weighted by Gasteiger charge is 2.35. The van der Waals surface area contributed by atoms with Gasteiger partial charge in [0, 0.05) is 30.8 Å². The van der Waals surface area contributed by atoms with Gasteiger partial charge in [0.1, 0.15) is 0 Å². The van der Waals surface area contributed by atoms with Gasteiger partial charge in [-0.2, -0.15) is 13.2 Å². The van der Waals surface area contributed by atoms with E-state index < -0.39 is 35.4 Å². The number of benzene rings is 3. The molecule has 10 nitrogen and oxygen atoms in total. The number of para-hydroxylation sites is 1. The molecule has 0 radical (unpaired) electrons. The van der Waals surface area contributed by atoms with Crippen molar-refractivity contribution in [2.24, 2.45) is 0 Å². The van der Waals surface area contributed by atoms with Crippen LogP contribution in [0.3, 0.4) is 0 Å². The molecule has 3 amide bonds. The molecule has 0 bridgehead atoms.